The summed E-state index contributed by atoms with van der Waals surface area (Å²) >= 11 is 0. The number of nitrogens with one attached hydrogen (secondary N) is 1. The minimum atomic E-state index is -0.591. The summed E-state index contributed by atoms with van der Waals surface area (Å²) in [6, 6.07) is 0.708. The third kappa shape index (κ3) is 4.09. The van der Waals surface area contributed by atoms with Gasteiger partial charge in [0.2, 0.25) is 0 Å². The predicted molar refractivity (Wildman–Crippen MR) is 74.2 cm³/mol. The molecule has 1 aromatic rings. The molecule has 1 saturated heterocycles. The van der Waals surface area contributed by atoms with Crippen molar-refractivity contribution < 1.29 is 4.21 Å². The van der Waals surface area contributed by atoms with Crippen LogP contribution in [0, 0.1) is 0 Å². The van der Waals surface area contributed by atoms with Gasteiger partial charge in [-0.3, -0.25) is 13.8 Å². The van der Waals surface area contributed by atoms with Crippen molar-refractivity contribution in [1.82, 2.24) is 25.2 Å². The zero-order valence-electron chi connectivity index (χ0n) is 11.1. The standard InChI is InChI=1S/C12H21N5OS/c18-19-7-5-16(6-8-19)3-4-17-10-12(14-15-17)9-13-11-1-2-11/h10-11,13H,1-9H2. The Labute approximate surface area is 116 Å². The first-order valence-electron chi connectivity index (χ1n) is 6.99. The van der Waals surface area contributed by atoms with Crippen LogP contribution in [-0.4, -0.2) is 61.3 Å². The van der Waals surface area contributed by atoms with E-state index in [1.54, 1.807) is 0 Å². The molecule has 106 valence electrons. The normalized spacial score (nSPS) is 21.9. The number of hydrogen-bond acceptors (Lipinski definition) is 5. The molecule has 3 rings (SSSR count). The molecule has 0 unspecified atom stereocenters. The van der Waals surface area contributed by atoms with Crippen molar-refractivity contribution in [3.8, 4) is 0 Å². The van der Waals surface area contributed by atoms with E-state index in [0.717, 1.165) is 49.9 Å². The van der Waals surface area contributed by atoms with Gasteiger partial charge < -0.3 is 5.32 Å². The van der Waals surface area contributed by atoms with Gasteiger partial charge in [0.05, 0.1) is 12.2 Å². The van der Waals surface area contributed by atoms with E-state index in [1.165, 1.54) is 12.8 Å². The van der Waals surface area contributed by atoms with Crippen LogP contribution in [0.25, 0.3) is 0 Å². The molecule has 0 spiro atoms. The van der Waals surface area contributed by atoms with Crippen molar-refractivity contribution in [2.75, 3.05) is 31.1 Å². The summed E-state index contributed by atoms with van der Waals surface area (Å²) in [6.45, 7) is 4.54. The number of aromatic nitrogens is 3. The highest BCUT2D eigenvalue weighted by Gasteiger charge is 2.20. The van der Waals surface area contributed by atoms with Crippen molar-refractivity contribution in [2.45, 2.75) is 32.0 Å². The fourth-order valence-electron chi connectivity index (χ4n) is 2.21. The molecule has 2 aliphatic rings. The van der Waals surface area contributed by atoms with Gasteiger partial charge in [0.1, 0.15) is 0 Å². The molecule has 1 saturated carbocycles. The molecule has 2 fully saturated rings. The highest BCUT2D eigenvalue weighted by Crippen LogP contribution is 2.18. The molecule has 1 aliphatic heterocycles. The van der Waals surface area contributed by atoms with Crippen LogP contribution in [0.1, 0.15) is 18.5 Å². The van der Waals surface area contributed by atoms with Gasteiger partial charge in [0.15, 0.2) is 0 Å². The van der Waals surface area contributed by atoms with E-state index in [1.807, 2.05) is 10.9 Å². The highest BCUT2D eigenvalue weighted by molar-refractivity contribution is 7.85. The monoisotopic (exact) mass is 283 g/mol. The van der Waals surface area contributed by atoms with Gasteiger partial charge in [0, 0.05) is 60.7 Å². The van der Waals surface area contributed by atoms with Gasteiger partial charge in [-0.15, -0.1) is 5.10 Å². The van der Waals surface area contributed by atoms with Crippen LogP contribution in [0.3, 0.4) is 0 Å². The molecule has 7 heteroatoms. The Morgan fingerprint density at radius 1 is 1.32 bits per heavy atom. The average molecular weight is 283 g/mol. The molecule has 0 atom stereocenters. The lowest BCUT2D eigenvalue weighted by atomic mass is 10.4. The van der Waals surface area contributed by atoms with Gasteiger partial charge in [-0.2, -0.15) is 0 Å². The Morgan fingerprint density at radius 3 is 2.84 bits per heavy atom. The summed E-state index contributed by atoms with van der Waals surface area (Å²) in [5, 5.41) is 11.8. The maximum absolute atomic E-state index is 11.3. The molecule has 0 bridgehead atoms. The van der Waals surface area contributed by atoms with E-state index in [4.69, 9.17) is 0 Å². The van der Waals surface area contributed by atoms with Crippen molar-refractivity contribution in [2.24, 2.45) is 0 Å². The SMILES string of the molecule is O=S1CCN(CCn2cc(CNC3CC3)nn2)CC1. The summed E-state index contributed by atoms with van der Waals surface area (Å²) < 4.78 is 13.2. The van der Waals surface area contributed by atoms with E-state index < -0.39 is 10.8 Å². The molecule has 19 heavy (non-hydrogen) atoms. The molecule has 0 radical (unpaired) electrons. The first-order chi connectivity index (χ1) is 9.29. The van der Waals surface area contributed by atoms with Crippen molar-refractivity contribution in [3.05, 3.63) is 11.9 Å². The van der Waals surface area contributed by atoms with Crippen LogP contribution in [0.5, 0.6) is 0 Å². The molecule has 0 amide bonds. The largest absolute Gasteiger partial charge is 0.308 e. The molecule has 2 heterocycles. The minimum absolute atomic E-state index is 0.591. The Hall–Kier alpha value is -0.790. The summed E-state index contributed by atoms with van der Waals surface area (Å²) in [7, 11) is -0.591. The first-order valence-corrected chi connectivity index (χ1v) is 8.48. The number of rotatable bonds is 6. The van der Waals surface area contributed by atoms with Crippen molar-refractivity contribution in [1.29, 1.82) is 0 Å². The maximum atomic E-state index is 11.3. The van der Waals surface area contributed by atoms with E-state index in [9.17, 15) is 4.21 Å². The van der Waals surface area contributed by atoms with Crippen LogP contribution in [0.4, 0.5) is 0 Å². The molecule has 1 N–H and O–H groups in total. The van der Waals surface area contributed by atoms with Gasteiger partial charge in [-0.25, -0.2) is 0 Å². The van der Waals surface area contributed by atoms with Gasteiger partial charge in [-0.05, 0) is 12.8 Å². The first kappa shape index (κ1) is 13.2. The zero-order chi connectivity index (χ0) is 13.1. The topological polar surface area (TPSA) is 63.1 Å². The minimum Gasteiger partial charge on any atom is -0.308 e. The number of hydrogen-bond donors (Lipinski definition) is 1. The van der Waals surface area contributed by atoms with Crippen LogP contribution >= 0.6 is 0 Å². The smallest absolute Gasteiger partial charge is 0.0964 e. The predicted octanol–water partition coefficient (Wildman–Crippen LogP) is -0.406. The van der Waals surface area contributed by atoms with Gasteiger partial charge in [0.25, 0.3) is 0 Å². The molecular formula is C12H21N5OS. The lowest BCUT2D eigenvalue weighted by Gasteiger charge is -2.25. The third-order valence-corrected chi connectivity index (χ3v) is 4.93. The van der Waals surface area contributed by atoms with Crippen LogP contribution in [0.15, 0.2) is 6.20 Å². The van der Waals surface area contributed by atoms with Crippen LogP contribution in [0.2, 0.25) is 0 Å². The second kappa shape index (κ2) is 6.11. The van der Waals surface area contributed by atoms with E-state index >= 15 is 0 Å². The molecule has 1 aromatic heterocycles. The summed E-state index contributed by atoms with van der Waals surface area (Å²) in [4.78, 5) is 2.35. The van der Waals surface area contributed by atoms with Gasteiger partial charge in [-0.1, -0.05) is 5.21 Å². The van der Waals surface area contributed by atoms with Gasteiger partial charge >= 0.3 is 0 Å². The average Bonchev–Trinajstić information content (AvgIpc) is 3.15. The zero-order valence-corrected chi connectivity index (χ0v) is 11.9. The summed E-state index contributed by atoms with van der Waals surface area (Å²) in [5.41, 5.74) is 1.02. The van der Waals surface area contributed by atoms with E-state index in [2.05, 4.69) is 20.5 Å². The van der Waals surface area contributed by atoms with E-state index in [-0.39, 0.29) is 0 Å². The van der Waals surface area contributed by atoms with Crippen LogP contribution < -0.4 is 5.32 Å². The Kier molecular flexibility index (Phi) is 4.24. The fourth-order valence-corrected chi connectivity index (χ4v) is 3.34. The third-order valence-electron chi connectivity index (χ3n) is 3.65. The lowest BCUT2D eigenvalue weighted by Crippen LogP contribution is -2.39. The van der Waals surface area contributed by atoms with E-state index in [0.29, 0.717) is 6.04 Å². The second-order valence-corrected chi connectivity index (χ2v) is 7.01. The van der Waals surface area contributed by atoms with Crippen molar-refractivity contribution >= 4 is 10.8 Å². The Bertz CT molecular complexity index is 435. The number of nitrogens with zero attached hydrogens (tertiary/aromatic N) is 4. The Morgan fingerprint density at radius 2 is 2.11 bits per heavy atom. The second-order valence-electron chi connectivity index (χ2n) is 5.32. The fraction of sp³-hybridized carbons (Fsp3) is 0.833. The summed E-state index contributed by atoms with van der Waals surface area (Å²) in [5.74, 6) is 1.63. The van der Waals surface area contributed by atoms with Crippen molar-refractivity contribution in [3.63, 3.8) is 0 Å². The lowest BCUT2D eigenvalue weighted by molar-refractivity contribution is 0.280. The maximum Gasteiger partial charge on any atom is 0.0964 e. The highest BCUT2D eigenvalue weighted by atomic mass is 32.2. The molecule has 6 nitrogen and oxygen atoms in total. The molecular weight excluding hydrogens is 262 g/mol. The molecule has 1 aliphatic carbocycles. The quantitative estimate of drug-likeness (QED) is 0.769. The summed E-state index contributed by atoms with van der Waals surface area (Å²) in [6.07, 6.45) is 4.62. The Balaban J connectivity index is 1.40. The van der Waals surface area contributed by atoms with Crippen LogP contribution in [-0.2, 0) is 23.9 Å². The molecule has 0 aromatic carbocycles.